The predicted molar refractivity (Wildman–Crippen MR) is 232 cm³/mol. The van der Waals surface area contributed by atoms with Gasteiger partial charge in [0.05, 0.1) is 11.0 Å². The topological polar surface area (TPSA) is 73.4 Å². The first-order valence-corrected chi connectivity index (χ1v) is 22.6. The smallest absolute Gasteiger partial charge is 0.177 e. The van der Waals surface area contributed by atoms with Crippen LogP contribution < -0.4 is 0 Å². The Bertz CT molecular complexity index is 1670. The SMILES string of the molecule is CCCCCCCCc1cc2c3cc(CCCCCCCC)c(CCCCCCCC)cc3c3nc(C#N)c(C#N)nc3c2cc1CCCCCCCC. The minimum atomic E-state index is 0.131. The van der Waals surface area contributed by atoms with Crippen LogP contribution in [0.3, 0.4) is 0 Å². The van der Waals surface area contributed by atoms with Gasteiger partial charge < -0.3 is 0 Å². The van der Waals surface area contributed by atoms with Crippen molar-refractivity contribution in [2.75, 3.05) is 0 Å². The van der Waals surface area contributed by atoms with Crippen LogP contribution in [0, 0.1) is 22.7 Å². The Morgan fingerprint density at radius 2 is 0.593 bits per heavy atom. The minimum absolute atomic E-state index is 0.131. The second kappa shape index (κ2) is 24.8. The highest BCUT2D eigenvalue weighted by Crippen LogP contribution is 2.38. The quantitative estimate of drug-likeness (QED) is 0.0431. The number of nitrogens with zero attached hydrogens (tertiary/aromatic N) is 4. The largest absolute Gasteiger partial charge is 0.232 e. The van der Waals surface area contributed by atoms with Crippen molar-refractivity contribution in [3.63, 3.8) is 0 Å². The average molecular weight is 729 g/mol. The zero-order valence-corrected chi connectivity index (χ0v) is 34.9. The molecular weight excluding hydrogens is 657 g/mol. The van der Waals surface area contributed by atoms with Crippen LogP contribution >= 0.6 is 0 Å². The molecule has 0 saturated heterocycles. The van der Waals surface area contributed by atoms with E-state index in [1.807, 2.05) is 0 Å². The first-order valence-electron chi connectivity index (χ1n) is 22.6. The Morgan fingerprint density at radius 1 is 0.352 bits per heavy atom. The highest BCUT2D eigenvalue weighted by Gasteiger charge is 2.19. The van der Waals surface area contributed by atoms with E-state index in [1.54, 1.807) is 0 Å². The minimum Gasteiger partial charge on any atom is -0.232 e. The van der Waals surface area contributed by atoms with Gasteiger partial charge in [0.2, 0.25) is 0 Å². The van der Waals surface area contributed by atoms with E-state index in [0.29, 0.717) is 0 Å². The maximum absolute atomic E-state index is 10.1. The molecule has 0 spiro atoms. The van der Waals surface area contributed by atoms with Crippen LogP contribution in [0.2, 0.25) is 0 Å². The monoisotopic (exact) mass is 729 g/mol. The summed E-state index contributed by atoms with van der Waals surface area (Å²) in [5.41, 5.74) is 7.66. The second-order valence-electron chi connectivity index (χ2n) is 16.2. The molecule has 292 valence electrons. The lowest BCUT2D eigenvalue weighted by atomic mass is 9.87. The average Bonchev–Trinajstić information content (AvgIpc) is 3.19. The van der Waals surface area contributed by atoms with E-state index in [1.165, 1.54) is 187 Å². The van der Waals surface area contributed by atoms with E-state index in [-0.39, 0.29) is 11.4 Å². The molecule has 0 amide bonds. The number of fused-ring (bicyclic) bond motifs is 6. The summed E-state index contributed by atoms with van der Waals surface area (Å²) in [6, 6.07) is 14.2. The second-order valence-corrected chi connectivity index (χ2v) is 16.2. The first-order chi connectivity index (χ1) is 26.6. The van der Waals surface area contributed by atoms with Gasteiger partial charge in [0.1, 0.15) is 12.1 Å². The van der Waals surface area contributed by atoms with Crippen molar-refractivity contribution in [3.8, 4) is 12.1 Å². The molecule has 4 rings (SSSR count). The molecular formula is C50H72N4. The lowest BCUT2D eigenvalue weighted by molar-refractivity contribution is 0.599. The molecule has 4 heteroatoms. The Morgan fingerprint density at radius 3 is 0.852 bits per heavy atom. The molecule has 1 aromatic heterocycles. The first kappa shape index (κ1) is 43.2. The van der Waals surface area contributed by atoms with Crippen molar-refractivity contribution in [2.45, 2.75) is 207 Å². The molecule has 3 aromatic carbocycles. The summed E-state index contributed by atoms with van der Waals surface area (Å²) in [6.45, 7) is 9.15. The highest BCUT2D eigenvalue weighted by atomic mass is 14.8. The van der Waals surface area contributed by atoms with E-state index in [4.69, 9.17) is 9.97 Å². The number of aromatic nitrogens is 2. The molecule has 0 saturated carbocycles. The maximum Gasteiger partial charge on any atom is 0.177 e. The fourth-order valence-electron chi connectivity index (χ4n) is 8.50. The van der Waals surface area contributed by atoms with Gasteiger partial charge in [0.15, 0.2) is 11.4 Å². The van der Waals surface area contributed by atoms with Gasteiger partial charge in [-0.2, -0.15) is 10.5 Å². The Balaban J connectivity index is 1.85. The number of unbranched alkanes of at least 4 members (excludes halogenated alkanes) is 20. The molecule has 0 atom stereocenters. The number of hydrogen-bond acceptors (Lipinski definition) is 4. The van der Waals surface area contributed by atoms with Crippen LogP contribution in [0.15, 0.2) is 24.3 Å². The third-order valence-electron chi connectivity index (χ3n) is 11.8. The zero-order chi connectivity index (χ0) is 38.4. The fraction of sp³-hybridized carbons (Fsp3) is 0.640. The van der Waals surface area contributed by atoms with E-state index in [0.717, 1.165) is 47.5 Å². The number of nitriles is 2. The molecule has 0 unspecified atom stereocenters. The summed E-state index contributed by atoms with van der Waals surface area (Å²) in [6.07, 6.45) is 35.3. The molecule has 0 aliphatic carbocycles. The molecule has 0 aliphatic heterocycles. The van der Waals surface area contributed by atoms with Gasteiger partial charge in [0.25, 0.3) is 0 Å². The molecule has 0 aliphatic rings. The predicted octanol–water partition coefficient (Wildman–Crippen LogP) is 15.3. The molecule has 0 bridgehead atoms. The van der Waals surface area contributed by atoms with Gasteiger partial charge in [-0.25, -0.2) is 9.97 Å². The third kappa shape index (κ3) is 12.8. The summed E-state index contributed by atoms with van der Waals surface area (Å²) in [5.74, 6) is 0. The molecule has 0 fully saturated rings. The Hall–Kier alpha value is -3.50. The molecule has 4 nitrogen and oxygen atoms in total. The van der Waals surface area contributed by atoms with Crippen molar-refractivity contribution >= 4 is 32.6 Å². The standard InChI is InChI=1S/C50H72N4/c1-5-9-13-17-21-25-29-39-33-43-44-34-40(30-26-22-18-14-10-6-2)42(32-28-24-20-16-12-8-4)36-46(44)50-49(53-47(37-51)48(38-52)54-50)45(43)35-41(39)31-27-23-19-15-11-7-3/h33-36H,5-32H2,1-4H3. The van der Waals surface area contributed by atoms with E-state index >= 15 is 0 Å². The Kier molecular flexibility index (Phi) is 19.9. The molecule has 0 radical (unpaired) electrons. The van der Waals surface area contributed by atoms with E-state index in [9.17, 15) is 10.5 Å². The fourth-order valence-corrected chi connectivity index (χ4v) is 8.50. The third-order valence-corrected chi connectivity index (χ3v) is 11.8. The summed E-state index contributed by atoms with van der Waals surface area (Å²) < 4.78 is 0. The summed E-state index contributed by atoms with van der Waals surface area (Å²) in [4.78, 5) is 9.89. The zero-order valence-electron chi connectivity index (χ0n) is 34.9. The Labute approximate surface area is 329 Å². The van der Waals surface area contributed by atoms with Crippen molar-refractivity contribution in [1.82, 2.24) is 9.97 Å². The van der Waals surface area contributed by atoms with Crippen LogP contribution in [0.25, 0.3) is 32.6 Å². The normalized spacial score (nSPS) is 11.5. The van der Waals surface area contributed by atoms with Gasteiger partial charge in [-0.3, -0.25) is 0 Å². The summed E-state index contributed by atoms with van der Waals surface area (Å²) in [7, 11) is 0. The van der Waals surface area contributed by atoms with Gasteiger partial charge >= 0.3 is 0 Å². The van der Waals surface area contributed by atoms with Gasteiger partial charge in [0, 0.05) is 10.8 Å². The maximum atomic E-state index is 10.1. The number of benzene rings is 3. The number of aryl methyl sites for hydroxylation is 4. The lowest BCUT2D eigenvalue weighted by Crippen LogP contribution is -2.02. The summed E-state index contributed by atoms with van der Waals surface area (Å²) >= 11 is 0. The van der Waals surface area contributed by atoms with Crippen molar-refractivity contribution < 1.29 is 0 Å². The van der Waals surface area contributed by atoms with Crippen molar-refractivity contribution in [1.29, 1.82) is 10.5 Å². The van der Waals surface area contributed by atoms with Crippen molar-refractivity contribution in [3.05, 3.63) is 57.9 Å². The number of rotatable bonds is 28. The van der Waals surface area contributed by atoms with Crippen LogP contribution in [0.1, 0.15) is 215 Å². The van der Waals surface area contributed by atoms with E-state index in [2.05, 4.69) is 64.1 Å². The van der Waals surface area contributed by atoms with E-state index < -0.39 is 0 Å². The van der Waals surface area contributed by atoms with Crippen LogP contribution in [0.4, 0.5) is 0 Å². The number of hydrogen-bond donors (Lipinski definition) is 0. The van der Waals surface area contributed by atoms with Gasteiger partial charge in [-0.1, -0.05) is 168 Å². The van der Waals surface area contributed by atoms with Crippen LogP contribution in [0.5, 0.6) is 0 Å². The molecule has 54 heavy (non-hydrogen) atoms. The molecule has 0 N–H and O–H groups in total. The summed E-state index contributed by atoms with van der Waals surface area (Å²) in [5, 5.41) is 24.8. The van der Waals surface area contributed by atoms with Crippen molar-refractivity contribution in [2.24, 2.45) is 0 Å². The van der Waals surface area contributed by atoms with Crippen LogP contribution in [-0.4, -0.2) is 9.97 Å². The lowest BCUT2D eigenvalue weighted by Gasteiger charge is -2.18. The molecule has 1 heterocycles. The molecule has 4 aromatic rings. The van der Waals surface area contributed by atoms with Gasteiger partial charge in [-0.05, 0) is 96.5 Å². The van der Waals surface area contributed by atoms with Crippen LogP contribution in [-0.2, 0) is 25.7 Å². The van der Waals surface area contributed by atoms with Gasteiger partial charge in [-0.15, -0.1) is 0 Å². The highest BCUT2D eigenvalue weighted by molar-refractivity contribution is 6.23.